The molecule has 2 aromatic rings. The van der Waals surface area contributed by atoms with Gasteiger partial charge in [-0.25, -0.2) is 9.97 Å². The molecule has 0 saturated carbocycles. The van der Waals surface area contributed by atoms with Gasteiger partial charge in [-0.2, -0.15) is 0 Å². The summed E-state index contributed by atoms with van der Waals surface area (Å²) < 4.78 is 5.73. The van der Waals surface area contributed by atoms with Crippen LogP contribution in [0.4, 0.5) is 0 Å². The molecule has 2 rings (SSSR count). The largest absolute Gasteiger partial charge is 0.454 e. The lowest BCUT2D eigenvalue weighted by Crippen LogP contribution is -2.12. The third-order valence-electron chi connectivity index (χ3n) is 2.60. The molecule has 0 fully saturated rings. The molecule has 0 aliphatic heterocycles. The maximum absolute atomic E-state index is 5.73. The smallest absolute Gasteiger partial charge is 0.164 e. The Bertz CT molecular complexity index is 497. The molecule has 4 nitrogen and oxygen atoms in total. The van der Waals surface area contributed by atoms with E-state index in [2.05, 4.69) is 15.3 Å². The summed E-state index contributed by atoms with van der Waals surface area (Å²) in [6.45, 7) is 2.88. The second-order valence-electron chi connectivity index (χ2n) is 4.06. The Hall–Kier alpha value is -1.94. The molecule has 0 saturated heterocycles. The number of aromatic nitrogens is 2. The Morgan fingerprint density at radius 2 is 1.89 bits per heavy atom. The summed E-state index contributed by atoms with van der Waals surface area (Å²) in [5.41, 5.74) is 1.09. The molecule has 1 heterocycles. The highest BCUT2D eigenvalue weighted by molar-refractivity contribution is 5.35. The molecule has 1 aromatic heterocycles. The number of likely N-dealkylation sites (N-methyl/N-ethyl adjacent to an activating group) is 1. The van der Waals surface area contributed by atoms with E-state index >= 15 is 0 Å². The average molecular weight is 243 g/mol. The van der Waals surface area contributed by atoms with Crippen molar-refractivity contribution in [2.45, 2.75) is 13.3 Å². The van der Waals surface area contributed by atoms with Gasteiger partial charge >= 0.3 is 0 Å². The number of rotatable bonds is 5. The zero-order valence-electron chi connectivity index (χ0n) is 10.7. The highest BCUT2D eigenvalue weighted by atomic mass is 16.5. The summed E-state index contributed by atoms with van der Waals surface area (Å²) >= 11 is 0. The van der Waals surface area contributed by atoms with Crippen LogP contribution in [-0.4, -0.2) is 23.6 Å². The number of hydrogen-bond acceptors (Lipinski definition) is 4. The van der Waals surface area contributed by atoms with Crippen molar-refractivity contribution in [2.75, 3.05) is 13.6 Å². The highest BCUT2D eigenvalue weighted by Gasteiger charge is 2.02. The predicted octanol–water partition coefficient (Wildman–Crippen LogP) is 2.34. The minimum atomic E-state index is 0.664. The van der Waals surface area contributed by atoms with Crippen LogP contribution in [0.25, 0.3) is 0 Å². The predicted molar refractivity (Wildman–Crippen MR) is 70.9 cm³/mol. The van der Waals surface area contributed by atoms with E-state index in [0.717, 1.165) is 30.1 Å². The standard InChI is InChI=1S/C14H17N3O/c1-11-5-3-4-6-13(11)18-12-9-16-14(17-10-12)7-8-15-2/h3-6,9-10,15H,7-8H2,1-2H3. The Labute approximate surface area is 107 Å². The van der Waals surface area contributed by atoms with Crippen LogP contribution in [0.2, 0.25) is 0 Å². The van der Waals surface area contributed by atoms with Gasteiger partial charge in [-0.1, -0.05) is 18.2 Å². The molecule has 0 amide bonds. The van der Waals surface area contributed by atoms with Gasteiger partial charge in [0.1, 0.15) is 11.6 Å². The lowest BCUT2D eigenvalue weighted by Gasteiger charge is -2.07. The molecule has 0 aliphatic carbocycles. The van der Waals surface area contributed by atoms with Gasteiger partial charge in [-0.3, -0.25) is 0 Å². The van der Waals surface area contributed by atoms with Gasteiger partial charge in [0, 0.05) is 13.0 Å². The van der Waals surface area contributed by atoms with E-state index in [1.165, 1.54) is 0 Å². The summed E-state index contributed by atoms with van der Waals surface area (Å²) in [5, 5.41) is 3.07. The summed E-state index contributed by atoms with van der Waals surface area (Å²) in [5.74, 6) is 2.32. The van der Waals surface area contributed by atoms with Gasteiger partial charge in [-0.05, 0) is 25.6 Å². The van der Waals surface area contributed by atoms with Crippen molar-refractivity contribution in [3.05, 3.63) is 48.0 Å². The first-order valence-electron chi connectivity index (χ1n) is 5.98. The second kappa shape index (κ2) is 6.12. The van der Waals surface area contributed by atoms with E-state index in [9.17, 15) is 0 Å². The lowest BCUT2D eigenvalue weighted by molar-refractivity contribution is 0.472. The molecule has 4 heteroatoms. The van der Waals surface area contributed by atoms with Crippen molar-refractivity contribution in [3.63, 3.8) is 0 Å². The summed E-state index contributed by atoms with van der Waals surface area (Å²) in [7, 11) is 1.91. The van der Waals surface area contributed by atoms with Crippen LogP contribution in [0.5, 0.6) is 11.5 Å². The Balaban J connectivity index is 2.04. The van der Waals surface area contributed by atoms with Crippen molar-refractivity contribution in [1.29, 1.82) is 0 Å². The highest BCUT2D eigenvalue weighted by Crippen LogP contribution is 2.23. The molecule has 0 spiro atoms. The number of nitrogens with zero attached hydrogens (tertiary/aromatic N) is 2. The van der Waals surface area contributed by atoms with Gasteiger partial charge in [0.25, 0.3) is 0 Å². The number of benzene rings is 1. The second-order valence-corrected chi connectivity index (χ2v) is 4.06. The quantitative estimate of drug-likeness (QED) is 0.875. The molecule has 0 radical (unpaired) electrons. The first kappa shape index (κ1) is 12.5. The van der Waals surface area contributed by atoms with Crippen LogP contribution in [0.15, 0.2) is 36.7 Å². The molecular weight excluding hydrogens is 226 g/mol. The molecule has 18 heavy (non-hydrogen) atoms. The Morgan fingerprint density at radius 3 is 2.56 bits per heavy atom. The number of hydrogen-bond donors (Lipinski definition) is 1. The van der Waals surface area contributed by atoms with Crippen molar-refractivity contribution >= 4 is 0 Å². The third kappa shape index (κ3) is 3.28. The first-order chi connectivity index (χ1) is 8.79. The van der Waals surface area contributed by atoms with Gasteiger partial charge in [0.2, 0.25) is 0 Å². The minimum Gasteiger partial charge on any atom is -0.454 e. The van der Waals surface area contributed by atoms with Crippen molar-refractivity contribution in [2.24, 2.45) is 0 Å². The molecule has 94 valence electrons. The number of nitrogens with one attached hydrogen (secondary N) is 1. The topological polar surface area (TPSA) is 47.0 Å². The zero-order valence-corrected chi connectivity index (χ0v) is 10.7. The fourth-order valence-corrected chi connectivity index (χ4v) is 1.56. The van der Waals surface area contributed by atoms with Crippen LogP contribution >= 0.6 is 0 Å². The average Bonchev–Trinajstić information content (AvgIpc) is 2.41. The van der Waals surface area contributed by atoms with Crippen molar-refractivity contribution in [3.8, 4) is 11.5 Å². The zero-order chi connectivity index (χ0) is 12.8. The molecule has 0 bridgehead atoms. The first-order valence-corrected chi connectivity index (χ1v) is 5.98. The fourth-order valence-electron chi connectivity index (χ4n) is 1.56. The monoisotopic (exact) mass is 243 g/mol. The van der Waals surface area contributed by atoms with E-state index in [1.807, 2.05) is 38.2 Å². The molecule has 0 aliphatic rings. The van der Waals surface area contributed by atoms with Crippen molar-refractivity contribution < 1.29 is 4.74 Å². The molecule has 0 unspecified atom stereocenters. The van der Waals surface area contributed by atoms with Crippen LogP contribution < -0.4 is 10.1 Å². The van der Waals surface area contributed by atoms with E-state index in [4.69, 9.17) is 4.74 Å². The normalized spacial score (nSPS) is 10.3. The van der Waals surface area contributed by atoms with E-state index < -0.39 is 0 Å². The fraction of sp³-hybridized carbons (Fsp3) is 0.286. The van der Waals surface area contributed by atoms with Crippen LogP contribution in [0.1, 0.15) is 11.4 Å². The Morgan fingerprint density at radius 1 is 1.17 bits per heavy atom. The minimum absolute atomic E-state index is 0.664. The van der Waals surface area contributed by atoms with Gasteiger partial charge in [-0.15, -0.1) is 0 Å². The van der Waals surface area contributed by atoms with E-state index in [0.29, 0.717) is 5.75 Å². The summed E-state index contributed by atoms with van der Waals surface area (Å²) in [6, 6.07) is 7.88. The number of ether oxygens (including phenoxy) is 1. The summed E-state index contributed by atoms with van der Waals surface area (Å²) in [4.78, 5) is 8.53. The molecule has 0 atom stereocenters. The van der Waals surface area contributed by atoms with Crippen LogP contribution in [0, 0.1) is 6.92 Å². The summed E-state index contributed by atoms with van der Waals surface area (Å²) in [6.07, 6.45) is 4.25. The van der Waals surface area contributed by atoms with Gasteiger partial charge in [0.05, 0.1) is 12.4 Å². The number of aryl methyl sites for hydroxylation is 1. The Kier molecular flexibility index (Phi) is 4.25. The lowest BCUT2D eigenvalue weighted by atomic mass is 10.2. The molecule has 1 N–H and O–H groups in total. The maximum Gasteiger partial charge on any atom is 0.164 e. The maximum atomic E-state index is 5.73. The van der Waals surface area contributed by atoms with Gasteiger partial charge < -0.3 is 10.1 Å². The molecule has 1 aromatic carbocycles. The molecular formula is C14H17N3O. The van der Waals surface area contributed by atoms with Gasteiger partial charge in [0.15, 0.2) is 5.75 Å². The number of para-hydroxylation sites is 1. The van der Waals surface area contributed by atoms with E-state index in [-0.39, 0.29) is 0 Å². The van der Waals surface area contributed by atoms with E-state index in [1.54, 1.807) is 12.4 Å². The third-order valence-corrected chi connectivity index (χ3v) is 2.60. The SMILES string of the molecule is CNCCc1ncc(Oc2ccccc2C)cn1. The van der Waals surface area contributed by atoms with Crippen LogP contribution in [0.3, 0.4) is 0 Å². The van der Waals surface area contributed by atoms with Crippen molar-refractivity contribution in [1.82, 2.24) is 15.3 Å². The van der Waals surface area contributed by atoms with Crippen LogP contribution in [-0.2, 0) is 6.42 Å².